The molecule has 0 atom stereocenters. The van der Waals surface area contributed by atoms with E-state index in [2.05, 4.69) is 107 Å². The average Bonchev–Trinajstić information content (AvgIpc) is 3.11. The maximum Gasteiger partial charge on any atom is 0.155 e. The van der Waals surface area contributed by atoms with Crippen LogP contribution in [0.5, 0.6) is 0 Å². The maximum absolute atomic E-state index is 10.0. The summed E-state index contributed by atoms with van der Waals surface area (Å²) in [5, 5.41) is 18.0. The molecular weight excluding hydrogens is 821 g/mol. The van der Waals surface area contributed by atoms with Crippen molar-refractivity contribution in [3.8, 4) is 22.5 Å². The number of allylic oxidation sites excluding steroid dienone is 2. The van der Waals surface area contributed by atoms with E-state index in [1.54, 1.807) is 0 Å². The fourth-order valence-electron chi connectivity index (χ4n) is 6.44. The van der Waals surface area contributed by atoms with Gasteiger partial charge in [0, 0.05) is 72.1 Å². The van der Waals surface area contributed by atoms with Gasteiger partial charge in [-0.15, -0.1) is 71.8 Å². The predicted octanol–water partition coefficient (Wildman–Crippen LogP) is 10.8. The number of carbonyl (C=O) groups is 1. The standard InChI is InChI=1S/2C20H15N2.C5H8O2.Ir/c2*1-13-12-19-16(14(2)22-13)8-9-18-17(19)10-11-21-20(18)15-6-4-3-5-7-15;1-4(6)3-5(2)7;/h2*3-6,8-12H,1-2H3;3,6H,1-2H3;/q2*-1;;/b;;4-3-;. The summed E-state index contributed by atoms with van der Waals surface area (Å²) in [5.41, 5.74) is 8.23. The van der Waals surface area contributed by atoms with E-state index in [4.69, 9.17) is 5.11 Å². The molecular formula is C45H38IrN4O2-2. The van der Waals surface area contributed by atoms with Crippen LogP contribution >= 0.6 is 0 Å². The van der Waals surface area contributed by atoms with Gasteiger partial charge in [0.1, 0.15) is 0 Å². The van der Waals surface area contributed by atoms with Crippen molar-refractivity contribution < 1.29 is 30.0 Å². The number of hydrogen-bond donors (Lipinski definition) is 1. The van der Waals surface area contributed by atoms with Crippen LogP contribution in [0.4, 0.5) is 0 Å². The molecule has 4 aromatic heterocycles. The van der Waals surface area contributed by atoms with Gasteiger partial charge in [-0.2, -0.15) is 0 Å². The molecule has 8 aromatic rings. The Balaban J connectivity index is 0.000000168. The number of aromatic nitrogens is 4. The largest absolute Gasteiger partial charge is 0.512 e. The zero-order chi connectivity index (χ0) is 36.1. The zero-order valence-electron chi connectivity index (χ0n) is 29.9. The minimum atomic E-state index is -0.125. The van der Waals surface area contributed by atoms with Crippen molar-refractivity contribution in [2.45, 2.75) is 41.5 Å². The number of carbonyl (C=O) groups excluding carboxylic acids is 1. The normalized spacial score (nSPS) is 11.0. The number of hydrogen-bond acceptors (Lipinski definition) is 6. The number of aliphatic hydroxyl groups is 1. The van der Waals surface area contributed by atoms with Gasteiger partial charge in [-0.25, -0.2) is 0 Å². The van der Waals surface area contributed by atoms with Gasteiger partial charge in [-0.05, 0) is 110 Å². The molecule has 0 spiro atoms. The molecule has 0 aliphatic rings. The molecule has 0 bridgehead atoms. The third kappa shape index (κ3) is 8.29. The van der Waals surface area contributed by atoms with E-state index < -0.39 is 0 Å². The molecule has 1 radical (unpaired) electrons. The molecule has 0 aliphatic carbocycles. The van der Waals surface area contributed by atoms with Crippen LogP contribution in [0.1, 0.15) is 36.6 Å². The molecule has 8 rings (SSSR count). The molecule has 6 nitrogen and oxygen atoms in total. The van der Waals surface area contributed by atoms with Gasteiger partial charge in [-0.1, -0.05) is 24.3 Å². The van der Waals surface area contributed by atoms with Gasteiger partial charge in [0.25, 0.3) is 0 Å². The van der Waals surface area contributed by atoms with E-state index in [9.17, 15) is 4.79 Å². The smallest absolute Gasteiger partial charge is 0.155 e. The van der Waals surface area contributed by atoms with Crippen molar-refractivity contribution in [1.82, 2.24) is 19.9 Å². The third-order valence-corrected chi connectivity index (χ3v) is 8.49. The molecule has 4 heterocycles. The van der Waals surface area contributed by atoms with Crippen LogP contribution in [-0.2, 0) is 24.9 Å². The molecule has 0 aliphatic heterocycles. The minimum Gasteiger partial charge on any atom is -0.512 e. The van der Waals surface area contributed by atoms with Crippen molar-refractivity contribution in [3.05, 3.63) is 156 Å². The quantitative estimate of drug-likeness (QED) is 0.0824. The van der Waals surface area contributed by atoms with E-state index in [1.807, 2.05) is 62.6 Å². The number of nitrogens with zero attached hydrogens (tertiary/aromatic N) is 4. The molecule has 0 amide bonds. The maximum atomic E-state index is 10.0. The first-order valence-corrected chi connectivity index (χ1v) is 16.7. The van der Waals surface area contributed by atoms with Gasteiger partial charge < -0.3 is 15.1 Å². The number of fused-ring (bicyclic) bond motifs is 6. The summed E-state index contributed by atoms with van der Waals surface area (Å²) in [6.07, 6.45) is 4.92. The second-order valence-electron chi connectivity index (χ2n) is 12.5. The van der Waals surface area contributed by atoms with Gasteiger partial charge in [0.2, 0.25) is 0 Å². The SMILES string of the molecule is CC(=O)/C=C(/C)O.Cc1cc2c(ccc3c(-c4[c-]cccc4)nccc32)c(C)n1.Cc1cc2c(ccc3c(-c4[c-]cccc4)nccc32)c(C)n1.[Ir]. The Morgan fingerprint density at radius 2 is 1.00 bits per heavy atom. The Hall–Kier alpha value is -5.62. The van der Waals surface area contributed by atoms with Crippen LogP contribution in [0.2, 0.25) is 0 Å². The molecule has 4 aromatic carbocycles. The van der Waals surface area contributed by atoms with Gasteiger partial charge in [-0.3, -0.25) is 14.8 Å². The average molecular weight is 859 g/mol. The van der Waals surface area contributed by atoms with Crippen molar-refractivity contribution in [2.75, 3.05) is 0 Å². The summed E-state index contributed by atoms with van der Waals surface area (Å²) in [6.45, 7) is 11.1. The summed E-state index contributed by atoms with van der Waals surface area (Å²) < 4.78 is 0. The Bertz CT molecular complexity index is 2400. The van der Waals surface area contributed by atoms with E-state index in [0.29, 0.717) is 0 Å². The molecule has 1 N–H and O–H groups in total. The fourth-order valence-corrected chi connectivity index (χ4v) is 6.44. The van der Waals surface area contributed by atoms with Gasteiger partial charge in [0.15, 0.2) is 5.78 Å². The Morgan fingerprint density at radius 3 is 1.35 bits per heavy atom. The summed E-state index contributed by atoms with van der Waals surface area (Å²) in [6, 6.07) is 39.6. The van der Waals surface area contributed by atoms with Crippen molar-refractivity contribution in [3.63, 3.8) is 0 Å². The Labute approximate surface area is 317 Å². The van der Waals surface area contributed by atoms with Crippen LogP contribution in [0, 0.1) is 39.8 Å². The van der Waals surface area contributed by atoms with Crippen molar-refractivity contribution in [2.24, 2.45) is 0 Å². The number of aliphatic hydroxyl groups excluding tert-OH is 1. The number of aryl methyl sites for hydroxylation is 4. The first-order chi connectivity index (χ1) is 24.6. The van der Waals surface area contributed by atoms with Gasteiger partial charge in [0.05, 0.1) is 5.76 Å². The Kier molecular flexibility index (Phi) is 12.0. The second-order valence-corrected chi connectivity index (χ2v) is 12.5. The van der Waals surface area contributed by atoms with E-state index in [1.165, 1.54) is 52.2 Å². The van der Waals surface area contributed by atoms with Crippen LogP contribution in [0.3, 0.4) is 0 Å². The van der Waals surface area contributed by atoms with Crippen LogP contribution < -0.4 is 0 Å². The summed E-state index contributed by atoms with van der Waals surface area (Å²) >= 11 is 0. The Morgan fingerprint density at radius 1 is 0.577 bits per heavy atom. The number of pyridine rings is 4. The van der Waals surface area contributed by atoms with Crippen molar-refractivity contribution in [1.29, 1.82) is 0 Å². The molecule has 0 saturated heterocycles. The van der Waals surface area contributed by atoms with Crippen LogP contribution in [0.25, 0.3) is 65.6 Å². The number of benzene rings is 4. The summed E-state index contributed by atoms with van der Waals surface area (Å²) in [5.74, 6) is -0.0625. The van der Waals surface area contributed by atoms with E-state index in [-0.39, 0.29) is 31.6 Å². The molecule has 0 fully saturated rings. The monoisotopic (exact) mass is 859 g/mol. The molecule has 0 unspecified atom stereocenters. The molecule has 0 saturated carbocycles. The fraction of sp³-hybridized carbons (Fsp3) is 0.133. The summed E-state index contributed by atoms with van der Waals surface area (Å²) in [7, 11) is 0. The van der Waals surface area contributed by atoms with Gasteiger partial charge >= 0.3 is 0 Å². The topological polar surface area (TPSA) is 88.9 Å². The minimum absolute atomic E-state index is 0. The van der Waals surface area contributed by atoms with Crippen LogP contribution in [-0.4, -0.2) is 30.8 Å². The van der Waals surface area contributed by atoms with Crippen LogP contribution in [0.15, 0.2) is 121 Å². The molecule has 7 heteroatoms. The predicted molar refractivity (Wildman–Crippen MR) is 209 cm³/mol. The first kappa shape index (κ1) is 37.6. The zero-order valence-corrected chi connectivity index (χ0v) is 32.3. The van der Waals surface area contributed by atoms with E-state index >= 15 is 0 Å². The number of rotatable bonds is 3. The third-order valence-electron chi connectivity index (χ3n) is 8.49. The van der Waals surface area contributed by atoms with Crippen molar-refractivity contribution >= 4 is 48.9 Å². The first-order valence-electron chi connectivity index (χ1n) is 16.7. The molecule has 261 valence electrons. The molecule has 52 heavy (non-hydrogen) atoms. The summed E-state index contributed by atoms with van der Waals surface area (Å²) in [4.78, 5) is 28.3. The second kappa shape index (κ2) is 16.6. The van der Waals surface area contributed by atoms with E-state index in [0.717, 1.165) is 56.1 Å². The number of ketones is 1.